The summed E-state index contributed by atoms with van der Waals surface area (Å²) in [7, 11) is 0. The molecule has 1 nitrogen and oxygen atoms in total. The molecule has 0 saturated carbocycles. The summed E-state index contributed by atoms with van der Waals surface area (Å²) >= 11 is 0. The zero-order chi connectivity index (χ0) is 12.4. The van der Waals surface area contributed by atoms with Gasteiger partial charge in [0.2, 0.25) is 0 Å². The molecule has 3 rings (SSSR count). The fourth-order valence-electron chi connectivity index (χ4n) is 2.49. The summed E-state index contributed by atoms with van der Waals surface area (Å²) in [4.78, 5) is 4.71. The molecular formula is C17H17N. The second-order valence-corrected chi connectivity index (χ2v) is 4.69. The number of aryl methyl sites for hydroxylation is 1. The number of nitrogens with zero attached hydrogens (tertiary/aromatic N) is 1. The lowest BCUT2D eigenvalue weighted by molar-refractivity contribution is 0.944. The highest BCUT2D eigenvalue weighted by Crippen LogP contribution is 2.20. The van der Waals surface area contributed by atoms with Gasteiger partial charge in [0.15, 0.2) is 0 Å². The molecule has 0 N–H and O–H groups in total. The Bertz CT molecular complexity index is 579. The van der Waals surface area contributed by atoms with Crippen LogP contribution in [0.1, 0.15) is 29.2 Å². The monoisotopic (exact) mass is 235 g/mol. The van der Waals surface area contributed by atoms with Crippen LogP contribution in [0.25, 0.3) is 0 Å². The summed E-state index contributed by atoms with van der Waals surface area (Å²) < 4.78 is 0. The van der Waals surface area contributed by atoms with Crippen LogP contribution in [-0.2, 0) is 12.8 Å². The molecule has 18 heavy (non-hydrogen) atoms. The Morgan fingerprint density at radius 3 is 2.56 bits per heavy atom. The lowest BCUT2D eigenvalue weighted by Crippen LogP contribution is -2.13. The molecule has 1 aliphatic rings. The summed E-state index contributed by atoms with van der Waals surface area (Å²) in [6.07, 6.45) is 2.15. The maximum absolute atomic E-state index is 4.71. The van der Waals surface area contributed by atoms with Crippen molar-refractivity contribution in [2.24, 2.45) is 4.99 Å². The Labute approximate surface area is 108 Å². The summed E-state index contributed by atoms with van der Waals surface area (Å²) in [5.41, 5.74) is 6.48. The summed E-state index contributed by atoms with van der Waals surface area (Å²) in [6, 6.07) is 17.4. The number of hydrogen-bond acceptors (Lipinski definition) is 1. The molecule has 90 valence electrons. The van der Waals surface area contributed by atoms with Gasteiger partial charge >= 0.3 is 0 Å². The number of hydrogen-bond donors (Lipinski definition) is 0. The van der Waals surface area contributed by atoms with E-state index in [1.54, 1.807) is 0 Å². The number of benzene rings is 2. The zero-order valence-corrected chi connectivity index (χ0v) is 10.7. The van der Waals surface area contributed by atoms with Crippen LogP contribution in [0.5, 0.6) is 0 Å². The Balaban J connectivity index is 2.03. The van der Waals surface area contributed by atoms with E-state index < -0.39 is 0 Å². The molecule has 0 saturated heterocycles. The van der Waals surface area contributed by atoms with E-state index in [0.717, 1.165) is 25.1 Å². The molecule has 2 aromatic carbocycles. The van der Waals surface area contributed by atoms with Crippen molar-refractivity contribution < 1.29 is 0 Å². The third kappa shape index (κ3) is 1.97. The zero-order valence-electron chi connectivity index (χ0n) is 10.7. The van der Waals surface area contributed by atoms with Crippen molar-refractivity contribution in [3.63, 3.8) is 0 Å². The van der Waals surface area contributed by atoms with Crippen LogP contribution >= 0.6 is 0 Å². The molecule has 1 heterocycles. The number of aliphatic imine (C=N–C) groups is 1. The van der Waals surface area contributed by atoms with Gasteiger partial charge < -0.3 is 0 Å². The predicted molar refractivity (Wildman–Crippen MR) is 76.5 cm³/mol. The van der Waals surface area contributed by atoms with Crippen molar-refractivity contribution in [1.29, 1.82) is 0 Å². The summed E-state index contributed by atoms with van der Waals surface area (Å²) in [5, 5.41) is 0. The molecule has 0 bridgehead atoms. The second-order valence-electron chi connectivity index (χ2n) is 4.69. The van der Waals surface area contributed by atoms with Gasteiger partial charge in [0.25, 0.3) is 0 Å². The fourth-order valence-corrected chi connectivity index (χ4v) is 2.49. The van der Waals surface area contributed by atoms with E-state index in [9.17, 15) is 0 Å². The number of fused-ring (bicyclic) bond motifs is 1. The smallest absolute Gasteiger partial charge is 0.0721 e. The third-order valence-electron chi connectivity index (χ3n) is 3.56. The quantitative estimate of drug-likeness (QED) is 0.753. The minimum absolute atomic E-state index is 0.905. The molecule has 1 aliphatic heterocycles. The van der Waals surface area contributed by atoms with Gasteiger partial charge in [-0.15, -0.1) is 0 Å². The fraction of sp³-hybridized carbons (Fsp3) is 0.235. The van der Waals surface area contributed by atoms with Gasteiger partial charge in [0, 0.05) is 17.7 Å². The molecule has 2 aromatic rings. The molecule has 0 atom stereocenters. The SMILES string of the molecule is CCc1ccc(C2=NCCc3ccccc32)cc1. The van der Waals surface area contributed by atoms with Crippen molar-refractivity contribution in [2.45, 2.75) is 19.8 Å². The van der Waals surface area contributed by atoms with Gasteiger partial charge in [-0.05, 0) is 24.0 Å². The molecule has 0 amide bonds. The van der Waals surface area contributed by atoms with Crippen LogP contribution in [0.3, 0.4) is 0 Å². The molecule has 0 radical (unpaired) electrons. The lowest BCUT2D eigenvalue weighted by atomic mass is 9.93. The second kappa shape index (κ2) is 4.77. The molecule has 0 unspecified atom stereocenters. The molecule has 0 aliphatic carbocycles. The van der Waals surface area contributed by atoms with Crippen LogP contribution in [0.2, 0.25) is 0 Å². The van der Waals surface area contributed by atoms with Gasteiger partial charge in [0.05, 0.1) is 5.71 Å². The van der Waals surface area contributed by atoms with Crippen LogP contribution in [0.15, 0.2) is 53.5 Å². The molecule has 0 fully saturated rings. The van der Waals surface area contributed by atoms with E-state index in [1.165, 1.54) is 22.3 Å². The van der Waals surface area contributed by atoms with Crippen molar-refractivity contribution in [3.05, 3.63) is 70.8 Å². The standard InChI is InChI=1S/C17H17N/c1-2-13-7-9-15(10-8-13)17-16-6-4-3-5-14(16)11-12-18-17/h3-10H,2,11-12H2,1H3. The molecule has 0 aromatic heterocycles. The van der Waals surface area contributed by atoms with Crippen molar-refractivity contribution >= 4 is 5.71 Å². The Hall–Kier alpha value is -1.89. The van der Waals surface area contributed by atoms with Crippen LogP contribution < -0.4 is 0 Å². The van der Waals surface area contributed by atoms with Crippen LogP contribution in [0.4, 0.5) is 0 Å². The highest BCUT2D eigenvalue weighted by molar-refractivity contribution is 6.14. The first-order valence-corrected chi connectivity index (χ1v) is 6.60. The molecule has 1 heteroatoms. The van der Waals surface area contributed by atoms with Crippen molar-refractivity contribution in [3.8, 4) is 0 Å². The minimum Gasteiger partial charge on any atom is -0.284 e. The molecular weight excluding hydrogens is 218 g/mol. The first kappa shape index (κ1) is 11.2. The molecule has 0 spiro atoms. The topological polar surface area (TPSA) is 12.4 Å². The van der Waals surface area contributed by atoms with Gasteiger partial charge in [-0.3, -0.25) is 4.99 Å². The average molecular weight is 235 g/mol. The first-order valence-electron chi connectivity index (χ1n) is 6.60. The van der Waals surface area contributed by atoms with Crippen LogP contribution in [-0.4, -0.2) is 12.3 Å². The van der Waals surface area contributed by atoms with E-state index in [1.807, 2.05) is 0 Å². The van der Waals surface area contributed by atoms with Gasteiger partial charge in [-0.25, -0.2) is 0 Å². The lowest BCUT2D eigenvalue weighted by Gasteiger charge is -2.17. The average Bonchev–Trinajstić information content (AvgIpc) is 2.47. The van der Waals surface area contributed by atoms with Crippen molar-refractivity contribution in [1.82, 2.24) is 0 Å². The summed E-state index contributed by atoms with van der Waals surface area (Å²) in [5.74, 6) is 0. The minimum atomic E-state index is 0.905. The van der Waals surface area contributed by atoms with Gasteiger partial charge in [0.1, 0.15) is 0 Å². The Morgan fingerprint density at radius 2 is 1.78 bits per heavy atom. The van der Waals surface area contributed by atoms with E-state index >= 15 is 0 Å². The maximum Gasteiger partial charge on any atom is 0.0721 e. The third-order valence-corrected chi connectivity index (χ3v) is 3.56. The van der Waals surface area contributed by atoms with Crippen LogP contribution in [0, 0.1) is 0 Å². The van der Waals surface area contributed by atoms with E-state index in [-0.39, 0.29) is 0 Å². The van der Waals surface area contributed by atoms with Gasteiger partial charge in [-0.1, -0.05) is 55.5 Å². The summed E-state index contributed by atoms with van der Waals surface area (Å²) in [6.45, 7) is 3.09. The van der Waals surface area contributed by atoms with Crippen molar-refractivity contribution in [2.75, 3.05) is 6.54 Å². The Morgan fingerprint density at radius 1 is 1.00 bits per heavy atom. The Kier molecular flexibility index (Phi) is 2.97. The highest BCUT2D eigenvalue weighted by Gasteiger charge is 2.14. The maximum atomic E-state index is 4.71. The predicted octanol–water partition coefficient (Wildman–Crippen LogP) is 3.64. The van der Waals surface area contributed by atoms with E-state index in [2.05, 4.69) is 55.5 Å². The normalized spacial score (nSPS) is 13.9. The first-order chi connectivity index (χ1) is 8.88. The van der Waals surface area contributed by atoms with E-state index in [0.29, 0.717) is 0 Å². The number of rotatable bonds is 2. The largest absolute Gasteiger partial charge is 0.284 e. The van der Waals surface area contributed by atoms with Gasteiger partial charge in [-0.2, -0.15) is 0 Å². The van der Waals surface area contributed by atoms with E-state index in [4.69, 9.17) is 4.99 Å². The highest BCUT2D eigenvalue weighted by atomic mass is 14.7.